The molecule has 1 N–H and O–H groups in total. The Balaban J connectivity index is 1.73. The summed E-state index contributed by atoms with van der Waals surface area (Å²) in [5.41, 5.74) is 3.56. The van der Waals surface area contributed by atoms with Crippen LogP contribution in [-0.4, -0.2) is 33.5 Å². The van der Waals surface area contributed by atoms with Gasteiger partial charge in [0.2, 0.25) is 5.91 Å². The van der Waals surface area contributed by atoms with E-state index in [0.717, 1.165) is 28.3 Å². The zero-order chi connectivity index (χ0) is 21.0. The number of ether oxygens (including phenoxy) is 1. The largest absolute Gasteiger partial charge is 0.497 e. The molecule has 152 valence electrons. The maximum atomic E-state index is 12.5. The third-order valence-electron chi connectivity index (χ3n) is 4.39. The van der Waals surface area contributed by atoms with Crippen molar-refractivity contribution < 1.29 is 9.53 Å². The van der Waals surface area contributed by atoms with Crippen LogP contribution in [0.2, 0.25) is 5.02 Å². The second-order valence-electron chi connectivity index (χ2n) is 6.56. The number of halogens is 1. The standard InChI is InChI=1S/C21H23ClN4O2S/c1-5-26-20(15-7-6-8-16(11-15)28-4)24-25-21(26)29-12-18(27)23-19-14(3)9-13(2)10-17(19)22/h6-11H,5,12H2,1-4H3,(H,23,27). The number of anilines is 1. The fraction of sp³-hybridized carbons (Fsp3) is 0.286. The molecule has 0 fully saturated rings. The summed E-state index contributed by atoms with van der Waals surface area (Å²) in [6.45, 7) is 6.60. The van der Waals surface area contributed by atoms with Crippen molar-refractivity contribution >= 4 is 35.0 Å². The number of carbonyl (C=O) groups excluding carboxylic acids is 1. The van der Waals surface area contributed by atoms with E-state index in [2.05, 4.69) is 15.5 Å². The molecule has 0 saturated heterocycles. The molecule has 0 unspecified atom stereocenters. The minimum absolute atomic E-state index is 0.141. The number of amides is 1. The minimum Gasteiger partial charge on any atom is -0.497 e. The Morgan fingerprint density at radius 2 is 2.03 bits per heavy atom. The molecule has 1 aromatic heterocycles. The smallest absolute Gasteiger partial charge is 0.234 e. The number of benzene rings is 2. The van der Waals surface area contributed by atoms with Gasteiger partial charge in [0.25, 0.3) is 0 Å². The number of nitrogens with one attached hydrogen (secondary N) is 1. The average Bonchev–Trinajstić information content (AvgIpc) is 3.12. The Kier molecular flexibility index (Phi) is 6.82. The molecular formula is C21H23ClN4O2S. The number of aryl methyl sites for hydroxylation is 2. The zero-order valence-corrected chi connectivity index (χ0v) is 18.4. The van der Waals surface area contributed by atoms with Gasteiger partial charge in [0, 0.05) is 12.1 Å². The van der Waals surface area contributed by atoms with Gasteiger partial charge < -0.3 is 14.6 Å². The highest BCUT2D eigenvalue weighted by atomic mass is 35.5. The van der Waals surface area contributed by atoms with Crippen LogP contribution in [-0.2, 0) is 11.3 Å². The van der Waals surface area contributed by atoms with Crippen molar-refractivity contribution in [3.05, 3.63) is 52.5 Å². The van der Waals surface area contributed by atoms with Gasteiger partial charge in [-0.2, -0.15) is 0 Å². The van der Waals surface area contributed by atoms with E-state index in [1.165, 1.54) is 11.8 Å². The van der Waals surface area contributed by atoms with E-state index in [4.69, 9.17) is 16.3 Å². The van der Waals surface area contributed by atoms with Gasteiger partial charge in [0.15, 0.2) is 11.0 Å². The molecule has 1 heterocycles. The van der Waals surface area contributed by atoms with Crippen LogP contribution in [0.5, 0.6) is 5.75 Å². The molecule has 0 saturated carbocycles. The van der Waals surface area contributed by atoms with Crippen molar-refractivity contribution in [1.82, 2.24) is 14.8 Å². The Morgan fingerprint density at radius 3 is 2.72 bits per heavy atom. The van der Waals surface area contributed by atoms with Crippen LogP contribution in [0.3, 0.4) is 0 Å². The lowest BCUT2D eigenvalue weighted by Crippen LogP contribution is -2.16. The highest BCUT2D eigenvalue weighted by molar-refractivity contribution is 7.99. The quantitative estimate of drug-likeness (QED) is 0.535. The van der Waals surface area contributed by atoms with Crippen LogP contribution in [0.4, 0.5) is 5.69 Å². The molecule has 6 nitrogen and oxygen atoms in total. The van der Waals surface area contributed by atoms with Gasteiger partial charge in [0.1, 0.15) is 5.75 Å². The predicted octanol–water partition coefficient (Wildman–Crippen LogP) is 4.97. The monoisotopic (exact) mass is 430 g/mol. The molecule has 1 amide bonds. The van der Waals surface area contributed by atoms with E-state index >= 15 is 0 Å². The second kappa shape index (κ2) is 9.33. The second-order valence-corrected chi connectivity index (χ2v) is 7.91. The molecule has 0 atom stereocenters. The summed E-state index contributed by atoms with van der Waals surface area (Å²) in [5, 5.41) is 12.7. The van der Waals surface area contributed by atoms with Crippen molar-refractivity contribution in [2.75, 3.05) is 18.2 Å². The van der Waals surface area contributed by atoms with Gasteiger partial charge in [-0.25, -0.2) is 0 Å². The van der Waals surface area contributed by atoms with Gasteiger partial charge in [-0.1, -0.05) is 41.6 Å². The predicted molar refractivity (Wildman–Crippen MR) is 118 cm³/mol. The Labute approximate surface area is 179 Å². The number of hydrogen-bond acceptors (Lipinski definition) is 5. The normalized spacial score (nSPS) is 10.8. The van der Waals surface area contributed by atoms with E-state index < -0.39 is 0 Å². The van der Waals surface area contributed by atoms with E-state index in [9.17, 15) is 4.79 Å². The summed E-state index contributed by atoms with van der Waals surface area (Å²) in [6.07, 6.45) is 0. The first kappa shape index (κ1) is 21.2. The van der Waals surface area contributed by atoms with Gasteiger partial charge in [-0.3, -0.25) is 4.79 Å². The fourth-order valence-electron chi connectivity index (χ4n) is 3.04. The summed E-state index contributed by atoms with van der Waals surface area (Å²) in [6, 6.07) is 11.5. The Morgan fingerprint density at radius 1 is 1.24 bits per heavy atom. The van der Waals surface area contributed by atoms with Crippen LogP contribution < -0.4 is 10.1 Å². The summed E-state index contributed by atoms with van der Waals surface area (Å²) in [4.78, 5) is 12.5. The lowest BCUT2D eigenvalue weighted by atomic mass is 10.1. The zero-order valence-electron chi connectivity index (χ0n) is 16.8. The Bertz CT molecular complexity index is 1010. The van der Waals surface area contributed by atoms with E-state index in [1.807, 2.05) is 61.7 Å². The first-order chi connectivity index (χ1) is 13.9. The first-order valence-corrected chi connectivity index (χ1v) is 10.6. The third-order valence-corrected chi connectivity index (χ3v) is 5.65. The molecule has 0 spiro atoms. The molecule has 3 aromatic rings. The summed E-state index contributed by atoms with van der Waals surface area (Å²) < 4.78 is 7.28. The number of nitrogens with zero attached hydrogens (tertiary/aromatic N) is 3. The maximum absolute atomic E-state index is 12.5. The SMILES string of the molecule is CCn1c(SCC(=O)Nc2c(C)cc(C)cc2Cl)nnc1-c1cccc(OC)c1. The van der Waals surface area contributed by atoms with Crippen LogP contribution in [0.25, 0.3) is 11.4 Å². The molecule has 0 aliphatic heterocycles. The van der Waals surface area contributed by atoms with Crippen molar-refractivity contribution in [3.8, 4) is 17.1 Å². The topological polar surface area (TPSA) is 69.0 Å². The van der Waals surface area contributed by atoms with E-state index in [-0.39, 0.29) is 11.7 Å². The molecule has 3 rings (SSSR count). The molecule has 0 bridgehead atoms. The summed E-state index contributed by atoms with van der Waals surface area (Å²) in [5.74, 6) is 1.57. The van der Waals surface area contributed by atoms with Crippen LogP contribution in [0.1, 0.15) is 18.1 Å². The lowest BCUT2D eigenvalue weighted by Gasteiger charge is -2.12. The number of rotatable bonds is 7. The van der Waals surface area contributed by atoms with Crippen molar-refractivity contribution in [3.63, 3.8) is 0 Å². The summed E-state index contributed by atoms with van der Waals surface area (Å²) >= 11 is 7.62. The molecule has 0 aliphatic carbocycles. The van der Waals surface area contributed by atoms with Gasteiger partial charge in [0.05, 0.1) is 23.6 Å². The molecule has 2 aromatic carbocycles. The van der Waals surface area contributed by atoms with Gasteiger partial charge in [-0.15, -0.1) is 10.2 Å². The number of hydrogen-bond donors (Lipinski definition) is 1. The maximum Gasteiger partial charge on any atom is 0.234 e. The van der Waals surface area contributed by atoms with E-state index in [1.54, 1.807) is 7.11 Å². The molecule has 0 radical (unpaired) electrons. The van der Waals surface area contributed by atoms with Gasteiger partial charge in [-0.05, 0) is 50.1 Å². The first-order valence-electron chi connectivity index (χ1n) is 9.20. The van der Waals surface area contributed by atoms with Crippen molar-refractivity contribution in [1.29, 1.82) is 0 Å². The summed E-state index contributed by atoms with van der Waals surface area (Å²) in [7, 11) is 1.63. The third kappa shape index (κ3) is 4.92. The van der Waals surface area contributed by atoms with Gasteiger partial charge >= 0.3 is 0 Å². The Hall–Kier alpha value is -2.51. The lowest BCUT2D eigenvalue weighted by molar-refractivity contribution is -0.113. The van der Waals surface area contributed by atoms with Crippen LogP contribution >= 0.6 is 23.4 Å². The fourth-order valence-corrected chi connectivity index (χ4v) is 4.21. The molecule has 0 aliphatic rings. The number of thioether (sulfide) groups is 1. The van der Waals surface area contributed by atoms with Crippen LogP contribution in [0.15, 0.2) is 41.6 Å². The number of methoxy groups -OCH3 is 1. The van der Waals surface area contributed by atoms with Crippen LogP contribution in [0, 0.1) is 13.8 Å². The molecule has 8 heteroatoms. The molecule has 29 heavy (non-hydrogen) atoms. The molecular weight excluding hydrogens is 408 g/mol. The minimum atomic E-state index is -0.141. The number of aromatic nitrogens is 3. The number of carbonyl (C=O) groups is 1. The average molecular weight is 431 g/mol. The highest BCUT2D eigenvalue weighted by Gasteiger charge is 2.16. The van der Waals surface area contributed by atoms with Crippen molar-refractivity contribution in [2.24, 2.45) is 0 Å². The van der Waals surface area contributed by atoms with E-state index in [0.29, 0.717) is 22.4 Å². The highest BCUT2D eigenvalue weighted by Crippen LogP contribution is 2.29. The van der Waals surface area contributed by atoms with Crippen molar-refractivity contribution in [2.45, 2.75) is 32.5 Å².